The van der Waals surface area contributed by atoms with Gasteiger partial charge in [0.2, 0.25) is 5.91 Å². The summed E-state index contributed by atoms with van der Waals surface area (Å²) in [6.07, 6.45) is 0.449. The number of amides is 1. The van der Waals surface area contributed by atoms with Gasteiger partial charge in [-0.2, -0.15) is 0 Å². The molecule has 1 heterocycles. The summed E-state index contributed by atoms with van der Waals surface area (Å²) < 4.78 is 18.0. The van der Waals surface area contributed by atoms with E-state index in [0.29, 0.717) is 19.5 Å². The highest BCUT2D eigenvalue weighted by atomic mass is 19.1. The van der Waals surface area contributed by atoms with Gasteiger partial charge in [-0.15, -0.1) is 0 Å². The Balaban J connectivity index is 1.49. The van der Waals surface area contributed by atoms with Crippen molar-refractivity contribution in [2.75, 3.05) is 45.9 Å². The Morgan fingerprint density at radius 1 is 1.18 bits per heavy atom. The molecular weight excluding hydrogens is 285 g/mol. The van der Waals surface area contributed by atoms with Gasteiger partial charge >= 0.3 is 0 Å². The number of rotatable bonds is 8. The minimum Gasteiger partial charge on any atom is -0.379 e. The van der Waals surface area contributed by atoms with E-state index in [1.807, 2.05) is 0 Å². The maximum Gasteiger partial charge on any atom is 0.221 e. The molecule has 0 bridgehead atoms. The molecule has 22 heavy (non-hydrogen) atoms. The first-order valence-corrected chi connectivity index (χ1v) is 7.76. The number of halogens is 1. The second kappa shape index (κ2) is 9.50. The van der Waals surface area contributed by atoms with Crippen LogP contribution in [0.2, 0.25) is 0 Å². The SMILES string of the molecule is O=C(CCNCCN1CCOCC1)NCc1ccc(F)cc1. The fourth-order valence-electron chi connectivity index (χ4n) is 2.28. The van der Waals surface area contributed by atoms with Gasteiger partial charge in [-0.05, 0) is 17.7 Å². The van der Waals surface area contributed by atoms with E-state index in [-0.39, 0.29) is 11.7 Å². The molecule has 0 aliphatic carbocycles. The molecule has 6 heteroatoms. The summed E-state index contributed by atoms with van der Waals surface area (Å²) in [5.74, 6) is -0.261. The third-order valence-electron chi connectivity index (χ3n) is 3.64. The normalized spacial score (nSPS) is 15.7. The zero-order valence-electron chi connectivity index (χ0n) is 12.8. The zero-order valence-corrected chi connectivity index (χ0v) is 12.8. The van der Waals surface area contributed by atoms with Crippen molar-refractivity contribution in [3.05, 3.63) is 35.6 Å². The predicted octanol–water partition coefficient (Wildman–Crippen LogP) is 0.754. The Morgan fingerprint density at radius 2 is 1.91 bits per heavy atom. The first-order valence-electron chi connectivity index (χ1n) is 7.76. The molecule has 1 amide bonds. The number of benzene rings is 1. The molecule has 1 saturated heterocycles. The smallest absolute Gasteiger partial charge is 0.221 e. The van der Waals surface area contributed by atoms with Gasteiger partial charge in [-0.25, -0.2) is 4.39 Å². The van der Waals surface area contributed by atoms with Crippen LogP contribution in [0.4, 0.5) is 4.39 Å². The second-order valence-electron chi connectivity index (χ2n) is 5.36. The van der Waals surface area contributed by atoms with E-state index in [4.69, 9.17) is 4.74 Å². The molecule has 1 aromatic rings. The summed E-state index contributed by atoms with van der Waals surface area (Å²) in [5.41, 5.74) is 0.898. The first-order chi connectivity index (χ1) is 10.7. The van der Waals surface area contributed by atoms with Gasteiger partial charge in [0.25, 0.3) is 0 Å². The first kappa shape index (κ1) is 16.9. The van der Waals surface area contributed by atoms with E-state index in [2.05, 4.69) is 15.5 Å². The quantitative estimate of drug-likeness (QED) is 0.696. The van der Waals surface area contributed by atoms with Crippen molar-refractivity contribution in [2.24, 2.45) is 0 Å². The van der Waals surface area contributed by atoms with Crippen molar-refractivity contribution in [2.45, 2.75) is 13.0 Å². The summed E-state index contributed by atoms with van der Waals surface area (Å²) in [4.78, 5) is 14.0. The van der Waals surface area contributed by atoms with Crippen molar-refractivity contribution < 1.29 is 13.9 Å². The lowest BCUT2D eigenvalue weighted by Crippen LogP contribution is -2.40. The Bertz CT molecular complexity index is 447. The highest BCUT2D eigenvalue weighted by Gasteiger charge is 2.09. The standard InChI is InChI=1S/C16H24FN3O2/c17-15-3-1-14(2-4-15)13-19-16(21)5-6-18-7-8-20-9-11-22-12-10-20/h1-4,18H,5-13H2,(H,19,21). The van der Waals surface area contributed by atoms with E-state index in [1.54, 1.807) is 12.1 Å². The summed E-state index contributed by atoms with van der Waals surface area (Å²) in [6.45, 7) is 6.57. The maximum absolute atomic E-state index is 12.8. The molecule has 122 valence electrons. The topological polar surface area (TPSA) is 53.6 Å². The second-order valence-corrected chi connectivity index (χ2v) is 5.36. The molecule has 0 radical (unpaired) electrons. The average Bonchev–Trinajstić information content (AvgIpc) is 2.55. The number of carbonyl (C=O) groups is 1. The van der Waals surface area contributed by atoms with Gasteiger partial charge in [0.1, 0.15) is 5.82 Å². The van der Waals surface area contributed by atoms with Gasteiger partial charge in [0, 0.05) is 45.7 Å². The number of carbonyl (C=O) groups excluding carboxylic acids is 1. The molecule has 0 unspecified atom stereocenters. The molecule has 0 aromatic heterocycles. The van der Waals surface area contributed by atoms with Gasteiger partial charge in [-0.1, -0.05) is 12.1 Å². The fraction of sp³-hybridized carbons (Fsp3) is 0.562. The van der Waals surface area contributed by atoms with Crippen molar-refractivity contribution in [3.63, 3.8) is 0 Å². The Kier molecular flexibility index (Phi) is 7.28. The largest absolute Gasteiger partial charge is 0.379 e. The average molecular weight is 309 g/mol. The number of ether oxygens (including phenoxy) is 1. The molecule has 2 rings (SSSR count). The molecule has 5 nitrogen and oxygen atoms in total. The minimum absolute atomic E-state index is 0.00296. The van der Waals surface area contributed by atoms with Crippen molar-refractivity contribution in [1.29, 1.82) is 0 Å². The third kappa shape index (κ3) is 6.51. The summed E-state index contributed by atoms with van der Waals surface area (Å²) in [6, 6.07) is 6.15. The van der Waals surface area contributed by atoms with Gasteiger partial charge in [0.05, 0.1) is 13.2 Å². The number of hydrogen-bond acceptors (Lipinski definition) is 4. The molecule has 2 N–H and O–H groups in total. The highest BCUT2D eigenvalue weighted by molar-refractivity contribution is 5.76. The van der Waals surface area contributed by atoms with Crippen LogP contribution in [0.15, 0.2) is 24.3 Å². The van der Waals surface area contributed by atoms with E-state index in [0.717, 1.165) is 45.0 Å². The molecule has 1 fully saturated rings. The summed E-state index contributed by atoms with van der Waals surface area (Å²) in [7, 11) is 0. The fourth-order valence-corrected chi connectivity index (χ4v) is 2.28. The highest BCUT2D eigenvalue weighted by Crippen LogP contribution is 2.02. The summed E-state index contributed by atoms with van der Waals surface area (Å²) >= 11 is 0. The van der Waals surface area contributed by atoms with Crippen LogP contribution in [-0.4, -0.2) is 56.7 Å². The predicted molar refractivity (Wildman–Crippen MR) is 83.0 cm³/mol. The number of morpholine rings is 1. The lowest BCUT2D eigenvalue weighted by Gasteiger charge is -2.26. The monoisotopic (exact) mass is 309 g/mol. The molecule has 0 saturated carbocycles. The third-order valence-corrected chi connectivity index (χ3v) is 3.64. The number of nitrogens with one attached hydrogen (secondary N) is 2. The van der Waals surface area contributed by atoms with Crippen molar-refractivity contribution in [3.8, 4) is 0 Å². The number of hydrogen-bond donors (Lipinski definition) is 2. The molecule has 1 aliphatic rings. The van der Waals surface area contributed by atoms with Crippen LogP contribution < -0.4 is 10.6 Å². The minimum atomic E-state index is -0.264. The van der Waals surface area contributed by atoms with Gasteiger partial charge in [0.15, 0.2) is 0 Å². The Hall–Kier alpha value is -1.50. The molecule has 1 aliphatic heterocycles. The lowest BCUT2D eigenvalue weighted by molar-refractivity contribution is -0.121. The van der Waals surface area contributed by atoms with Crippen LogP contribution in [0.1, 0.15) is 12.0 Å². The van der Waals surface area contributed by atoms with E-state index >= 15 is 0 Å². The van der Waals surface area contributed by atoms with E-state index in [9.17, 15) is 9.18 Å². The molecule has 1 aromatic carbocycles. The lowest BCUT2D eigenvalue weighted by atomic mass is 10.2. The number of nitrogens with zero attached hydrogens (tertiary/aromatic N) is 1. The van der Waals surface area contributed by atoms with Crippen LogP contribution in [0, 0.1) is 5.82 Å². The van der Waals surface area contributed by atoms with E-state index < -0.39 is 0 Å². The Morgan fingerprint density at radius 3 is 2.64 bits per heavy atom. The van der Waals surface area contributed by atoms with E-state index in [1.165, 1.54) is 12.1 Å². The maximum atomic E-state index is 12.8. The summed E-state index contributed by atoms with van der Waals surface area (Å²) in [5, 5.41) is 6.11. The Labute approximate surface area is 130 Å². The molecule has 0 atom stereocenters. The van der Waals surface area contributed by atoms with Crippen LogP contribution >= 0.6 is 0 Å². The molecule has 0 spiro atoms. The van der Waals surface area contributed by atoms with Crippen molar-refractivity contribution >= 4 is 5.91 Å². The van der Waals surface area contributed by atoms with Crippen molar-refractivity contribution in [1.82, 2.24) is 15.5 Å². The van der Waals surface area contributed by atoms with Gasteiger partial charge in [-0.3, -0.25) is 9.69 Å². The van der Waals surface area contributed by atoms with Crippen LogP contribution in [-0.2, 0) is 16.1 Å². The molecular formula is C16H24FN3O2. The van der Waals surface area contributed by atoms with Crippen LogP contribution in [0.3, 0.4) is 0 Å². The van der Waals surface area contributed by atoms with Crippen LogP contribution in [0.5, 0.6) is 0 Å². The van der Waals surface area contributed by atoms with Gasteiger partial charge < -0.3 is 15.4 Å². The van der Waals surface area contributed by atoms with Crippen LogP contribution in [0.25, 0.3) is 0 Å². The zero-order chi connectivity index (χ0) is 15.6.